The lowest BCUT2D eigenvalue weighted by Gasteiger charge is -2.16. The monoisotopic (exact) mass is 656 g/mol. The topological polar surface area (TPSA) is 238 Å². The first kappa shape index (κ1) is 31.9. The minimum Gasteiger partial charge on any atom is -0.493 e. The number of hydrogen-bond acceptors (Lipinski definition) is 8. The van der Waals surface area contributed by atoms with Crippen LogP contribution in [-0.4, -0.2) is 25.9 Å². The Labute approximate surface area is 264 Å². The van der Waals surface area contributed by atoms with Gasteiger partial charge in [0.1, 0.15) is 21.2 Å². The molecule has 0 aliphatic carbocycles. The maximum absolute atomic E-state index is 12.0. The van der Waals surface area contributed by atoms with Crippen LogP contribution in [0.15, 0.2) is 119 Å². The highest BCUT2D eigenvalue weighted by Crippen LogP contribution is 2.41. The molecule has 0 radical (unpaired) electrons. The van der Waals surface area contributed by atoms with Gasteiger partial charge in [0.25, 0.3) is 20.2 Å². The predicted octanol–water partition coefficient (Wildman–Crippen LogP) is 6.03. The average Bonchev–Trinajstić information content (AvgIpc) is 3.01. The summed E-state index contributed by atoms with van der Waals surface area (Å²) in [6.45, 7) is 0. The van der Waals surface area contributed by atoms with Crippen molar-refractivity contribution in [1.29, 1.82) is 0 Å². The molecule has 14 heteroatoms. The summed E-state index contributed by atoms with van der Waals surface area (Å²) in [4.78, 5) is -1.04. The van der Waals surface area contributed by atoms with Gasteiger partial charge in [-0.3, -0.25) is 9.11 Å². The lowest BCUT2D eigenvalue weighted by atomic mass is 10.1. The molecule has 6 rings (SSSR count). The fourth-order valence-electron chi connectivity index (χ4n) is 4.96. The summed E-state index contributed by atoms with van der Waals surface area (Å²) in [6, 6.07) is 29.6. The Morgan fingerprint density at radius 3 is 1.11 bits per heavy atom. The summed E-state index contributed by atoms with van der Waals surface area (Å²) >= 11 is 0. The van der Waals surface area contributed by atoms with E-state index in [-0.39, 0.29) is 44.3 Å². The minimum atomic E-state index is -4.72. The van der Waals surface area contributed by atoms with Gasteiger partial charge in [-0.15, -0.1) is 0 Å². The Morgan fingerprint density at radius 1 is 0.500 bits per heavy atom. The van der Waals surface area contributed by atoms with Crippen molar-refractivity contribution in [2.75, 3.05) is 22.9 Å². The molecule has 6 aromatic rings. The second-order valence-electron chi connectivity index (χ2n) is 10.2. The van der Waals surface area contributed by atoms with Crippen LogP contribution < -0.4 is 27.6 Å². The predicted molar refractivity (Wildman–Crippen MR) is 182 cm³/mol. The first-order valence-corrected chi connectivity index (χ1v) is 16.3. The van der Waals surface area contributed by atoms with Gasteiger partial charge in [-0.05, 0) is 35.4 Å². The van der Waals surface area contributed by atoms with Crippen molar-refractivity contribution >= 4 is 75.9 Å². The van der Waals surface area contributed by atoms with Crippen molar-refractivity contribution in [1.82, 2.24) is 4.70 Å². The van der Waals surface area contributed by atoms with Gasteiger partial charge in [-0.1, -0.05) is 72.8 Å². The molecule has 0 aromatic heterocycles. The fraction of sp³-hybridized carbons (Fsp3) is 0. The van der Waals surface area contributed by atoms with Gasteiger partial charge < -0.3 is 28.5 Å². The van der Waals surface area contributed by atoms with Gasteiger partial charge in [0.15, 0.2) is 0 Å². The highest BCUT2D eigenvalue weighted by Gasteiger charge is 2.27. The third-order valence-electron chi connectivity index (χ3n) is 7.22. The highest BCUT2D eigenvalue weighted by molar-refractivity contribution is 7.86. The van der Waals surface area contributed by atoms with Crippen LogP contribution in [0.2, 0.25) is 0 Å². The van der Waals surface area contributed by atoms with Crippen LogP contribution in [0.3, 0.4) is 0 Å². The molecule has 0 spiro atoms. The number of fused-ring (bicyclic) bond motifs is 2. The van der Waals surface area contributed by atoms with Crippen LogP contribution in [-0.2, 0) is 20.2 Å². The summed E-state index contributed by atoms with van der Waals surface area (Å²) in [6.07, 6.45) is 0. The van der Waals surface area contributed by atoms with E-state index < -0.39 is 30.0 Å². The van der Waals surface area contributed by atoms with E-state index in [1.807, 2.05) is 48.5 Å². The van der Waals surface area contributed by atoms with Crippen molar-refractivity contribution in [2.45, 2.75) is 9.79 Å². The van der Waals surface area contributed by atoms with Crippen LogP contribution in [0.5, 0.6) is 0 Å². The molecular formula is C32H28N6O6S2. The molecule has 12 nitrogen and oxygen atoms in total. The molecule has 0 aliphatic rings. The van der Waals surface area contributed by atoms with E-state index in [1.165, 1.54) is 24.3 Å². The average molecular weight is 657 g/mol. The molecule has 234 valence electrons. The molecule has 0 unspecified atom stereocenters. The third-order valence-corrected chi connectivity index (χ3v) is 9.01. The lowest BCUT2D eigenvalue weighted by molar-refractivity contribution is 0.482. The first-order valence-electron chi connectivity index (χ1n) is 13.4. The second-order valence-corrected chi connectivity index (χ2v) is 13.0. The summed E-state index contributed by atoms with van der Waals surface area (Å²) in [5, 5.41) is 0.668. The van der Waals surface area contributed by atoms with E-state index >= 15 is 0 Å². The molecule has 0 aliphatic heterocycles. The zero-order valence-electron chi connectivity index (χ0n) is 23.9. The van der Waals surface area contributed by atoms with E-state index in [2.05, 4.69) is 0 Å². The Morgan fingerprint density at radius 2 is 0.804 bits per heavy atom. The number of nitrogen functional groups attached to an aromatic ring is 4. The molecule has 0 atom stereocenters. The maximum atomic E-state index is 12.0. The lowest BCUT2D eigenvalue weighted by Crippen LogP contribution is -2.09. The number of nitrogens with two attached hydrogens (primary N) is 4. The standard InChI is InChI=1S/C20H16N4O6S2.C12H12N2/c21-19-13-7-3-1-5-11(13)17(31(25,26)27)9-15(19)24(23)16-10-18(32(28,29)30)12-6-2-4-8-14(12)20(16)22;13-11-5-1-9(2-6-11)10-3-7-12(14)8-4-10/h1-10H,21-22H2,(H,25,26,27)(H,28,29,30);1-8H,13-14H2. The molecule has 6 aromatic carbocycles. The molecule has 10 N–H and O–H groups in total. The van der Waals surface area contributed by atoms with Crippen molar-refractivity contribution in [3.05, 3.63) is 115 Å². The van der Waals surface area contributed by atoms with Gasteiger partial charge in [0, 0.05) is 45.1 Å². The Hall–Kier alpha value is -5.54. The molecule has 0 bridgehead atoms. The second kappa shape index (κ2) is 12.1. The SMILES string of the molecule is Nc1ccc(-c2ccc(N)cc2)cc1.[N-]=[N+](c1cc(S(=O)(=O)O)c2ccccc2c1N)c1cc(S(=O)(=O)O)c2ccccc2c1N. The van der Waals surface area contributed by atoms with Crippen LogP contribution in [0.4, 0.5) is 34.1 Å². The molecule has 0 amide bonds. The third kappa shape index (κ3) is 6.31. The molecule has 0 saturated carbocycles. The van der Waals surface area contributed by atoms with Crippen molar-refractivity contribution in [3.8, 4) is 11.1 Å². The van der Waals surface area contributed by atoms with E-state index in [9.17, 15) is 31.5 Å². The Balaban J connectivity index is 0.000000247. The van der Waals surface area contributed by atoms with Crippen LogP contribution in [0.25, 0.3) is 38.2 Å². The van der Waals surface area contributed by atoms with Crippen molar-refractivity contribution in [3.63, 3.8) is 0 Å². The van der Waals surface area contributed by atoms with Gasteiger partial charge in [0.2, 0.25) is 11.4 Å². The van der Waals surface area contributed by atoms with E-state index in [1.54, 1.807) is 24.3 Å². The van der Waals surface area contributed by atoms with E-state index in [4.69, 9.17) is 22.9 Å². The quantitative estimate of drug-likeness (QED) is 0.0545. The van der Waals surface area contributed by atoms with E-state index in [0.29, 0.717) is 4.70 Å². The van der Waals surface area contributed by atoms with Gasteiger partial charge >= 0.3 is 0 Å². The molecular weight excluding hydrogens is 629 g/mol. The van der Waals surface area contributed by atoms with E-state index in [0.717, 1.165) is 34.6 Å². The largest absolute Gasteiger partial charge is 0.493 e. The van der Waals surface area contributed by atoms with Crippen LogP contribution >= 0.6 is 0 Å². The highest BCUT2D eigenvalue weighted by atomic mass is 32.2. The number of hydrogen-bond donors (Lipinski definition) is 6. The van der Waals surface area contributed by atoms with Crippen LogP contribution in [0.1, 0.15) is 0 Å². The zero-order chi connectivity index (χ0) is 33.4. The van der Waals surface area contributed by atoms with Crippen LogP contribution in [0, 0.1) is 0 Å². The van der Waals surface area contributed by atoms with Gasteiger partial charge in [-0.2, -0.15) is 16.8 Å². The summed E-state index contributed by atoms with van der Waals surface area (Å²) in [5.74, 6) is 0. The van der Waals surface area contributed by atoms with Crippen molar-refractivity contribution < 1.29 is 25.9 Å². The zero-order valence-corrected chi connectivity index (χ0v) is 25.6. The number of rotatable bonds is 5. The summed E-state index contributed by atoms with van der Waals surface area (Å²) in [5.41, 5.74) is 37.7. The maximum Gasteiger partial charge on any atom is 0.295 e. The molecule has 46 heavy (non-hydrogen) atoms. The minimum absolute atomic E-state index is 0.0588. The summed E-state index contributed by atoms with van der Waals surface area (Å²) < 4.78 is 67.7. The molecule has 0 fully saturated rings. The Bertz CT molecular complexity index is 2200. The van der Waals surface area contributed by atoms with Gasteiger partial charge in [0.05, 0.1) is 0 Å². The van der Waals surface area contributed by atoms with Gasteiger partial charge in [-0.25, -0.2) is 4.70 Å². The normalized spacial score (nSPS) is 11.6. The number of nitrogens with zero attached hydrogens (tertiary/aromatic N) is 2. The number of benzene rings is 6. The fourth-order valence-corrected chi connectivity index (χ4v) is 6.39. The summed E-state index contributed by atoms with van der Waals surface area (Å²) in [7, 11) is -9.44. The molecule has 0 heterocycles. The first-order chi connectivity index (χ1) is 21.7. The molecule has 0 saturated heterocycles. The number of anilines is 4. The van der Waals surface area contributed by atoms with Crippen molar-refractivity contribution in [2.24, 2.45) is 0 Å². The Kier molecular flexibility index (Phi) is 8.38. The smallest absolute Gasteiger partial charge is 0.295 e.